The second kappa shape index (κ2) is 6.82. The number of methoxy groups -OCH3 is 1. The van der Waals surface area contributed by atoms with Crippen molar-refractivity contribution in [2.24, 2.45) is 0 Å². The second-order valence-electron chi connectivity index (χ2n) is 4.73. The van der Waals surface area contributed by atoms with Gasteiger partial charge in [-0.2, -0.15) is 0 Å². The number of hydrogen-bond donors (Lipinski definition) is 2. The molecule has 8 heteroatoms. The Morgan fingerprint density at radius 2 is 2.13 bits per heavy atom. The van der Waals surface area contributed by atoms with E-state index in [-0.39, 0.29) is 22.9 Å². The van der Waals surface area contributed by atoms with Crippen LogP contribution in [0.1, 0.15) is 23.0 Å². The maximum atomic E-state index is 12.1. The summed E-state index contributed by atoms with van der Waals surface area (Å²) in [6.45, 7) is 3.10. The van der Waals surface area contributed by atoms with Gasteiger partial charge in [0.15, 0.2) is 17.6 Å². The van der Waals surface area contributed by atoms with E-state index >= 15 is 0 Å². The third-order valence-corrected chi connectivity index (χ3v) is 2.97. The molecule has 1 aromatic heterocycles. The number of anilines is 1. The summed E-state index contributed by atoms with van der Waals surface area (Å²) in [7, 11) is 1.36. The number of nitrogens with one attached hydrogen (secondary N) is 1. The molecule has 122 valence electrons. The number of aromatic nitrogens is 1. The highest BCUT2D eigenvalue weighted by Crippen LogP contribution is 2.30. The molecular formula is C15H16N2O6. The summed E-state index contributed by atoms with van der Waals surface area (Å²) in [4.78, 5) is 24.0. The molecule has 8 nitrogen and oxygen atoms in total. The van der Waals surface area contributed by atoms with Gasteiger partial charge in [-0.1, -0.05) is 11.2 Å². The smallest absolute Gasteiger partial charge is 0.342 e. The maximum absolute atomic E-state index is 12.1. The Kier molecular flexibility index (Phi) is 4.85. The molecule has 0 unspecified atom stereocenters. The predicted octanol–water partition coefficient (Wildman–Crippen LogP) is 1.88. The molecule has 0 aliphatic carbocycles. The Hall–Kier alpha value is -3.03. The SMILES string of the molecule is COc1cccc(C(=O)O[C@H](C)C(=O)Nc2cc(C)no2)c1O. The number of ether oxygens (including phenoxy) is 2. The van der Waals surface area contributed by atoms with Gasteiger partial charge in [0.05, 0.1) is 12.8 Å². The zero-order valence-electron chi connectivity index (χ0n) is 12.8. The lowest BCUT2D eigenvalue weighted by Crippen LogP contribution is -2.29. The zero-order valence-corrected chi connectivity index (χ0v) is 12.8. The molecule has 2 N–H and O–H groups in total. The summed E-state index contributed by atoms with van der Waals surface area (Å²) in [6, 6.07) is 5.91. The van der Waals surface area contributed by atoms with Crippen LogP contribution in [0.4, 0.5) is 5.88 Å². The molecule has 1 aromatic carbocycles. The van der Waals surface area contributed by atoms with Crippen molar-refractivity contribution in [3.8, 4) is 11.5 Å². The molecule has 0 saturated carbocycles. The minimum atomic E-state index is -1.10. The van der Waals surface area contributed by atoms with E-state index in [4.69, 9.17) is 14.0 Å². The van der Waals surface area contributed by atoms with Crippen LogP contribution in [-0.4, -0.2) is 35.4 Å². The fourth-order valence-electron chi connectivity index (χ4n) is 1.77. The highest BCUT2D eigenvalue weighted by molar-refractivity contribution is 5.98. The molecule has 1 amide bonds. The summed E-state index contributed by atoms with van der Waals surface area (Å²) in [5.41, 5.74) is 0.505. The number of aryl methyl sites for hydroxylation is 1. The molecule has 0 aliphatic heterocycles. The van der Waals surface area contributed by atoms with Gasteiger partial charge in [0, 0.05) is 6.07 Å². The van der Waals surface area contributed by atoms with Crippen molar-refractivity contribution in [1.82, 2.24) is 5.16 Å². The second-order valence-corrected chi connectivity index (χ2v) is 4.73. The first-order valence-electron chi connectivity index (χ1n) is 6.73. The molecule has 0 fully saturated rings. The molecule has 1 atom stereocenters. The predicted molar refractivity (Wildman–Crippen MR) is 79.4 cm³/mol. The summed E-state index contributed by atoms with van der Waals surface area (Å²) >= 11 is 0. The van der Waals surface area contributed by atoms with Gasteiger partial charge in [-0.25, -0.2) is 4.79 Å². The molecule has 0 spiro atoms. The molecule has 23 heavy (non-hydrogen) atoms. The Labute approximate surface area is 132 Å². The molecule has 2 rings (SSSR count). The van der Waals surface area contributed by atoms with Crippen LogP contribution < -0.4 is 10.1 Å². The van der Waals surface area contributed by atoms with Crippen LogP contribution >= 0.6 is 0 Å². The van der Waals surface area contributed by atoms with E-state index in [1.165, 1.54) is 38.3 Å². The minimum Gasteiger partial charge on any atom is -0.504 e. The van der Waals surface area contributed by atoms with Gasteiger partial charge < -0.3 is 19.1 Å². The monoisotopic (exact) mass is 320 g/mol. The number of phenols is 1. The summed E-state index contributed by atoms with van der Waals surface area (Å²) in [6.07, 6.45) is -1.10. The van der Waals surface area contributed by atoms with E-state index in [1.807, 2.05) is 0 Å². The first kappa shape index (κ1) is 16.3. The Morgan fingerprint density at radius 3 is 2.74 bits per heavy atom. The Balaban J connectivity index is 2.03. The van der Waals surface area contributed by atoms with Crippen molar-refractivity contribution in [1.29, 1.82) is 0 Å². The first-order valence-corrected chi connectivity index (χ1v) is 6.73. The van der Waals surface area contributed by atoms with Crippen molar-refractivity contribution >= 4 is 17.8 Å². The van der Waals surface area contributed by atoms with Crippen LogP contribution in [0.25, 0.3) is 0 Å². The highest BCUT2D eigenvalue weighted by atomic mass is 16.5. The fraction of sp³-hybridized carbons (Fsp3) is 0.267. The van der Waals surface area contributed by atoms with Crippen LogP contribution in [-0.2, 0) is 9.53 Å². The van der Waals surface area contributed by atoms with Crippen LogP contribution in [0.2, 0.25) is 0 Å². The Bertz CT molecular complexity index is 725. The lowest BCUT2D eigenvalue weighted by Gasteiger charge is -2.13. The number of nitrogens with zero attached hydrogens (tertiary/aromatic N) is 1. The summed E-state index contributed by atoms with van der Waals surface area (Å²) in [5, 5.41) is 15.9. The third kappa shape index (κ3) is 3.79. The topological polar surface area (TPSA) is 111 Å². The lowest BCUT2D eigenvalue weighted by molar-refractivity contribution is -0.123. The van der Waals surface area contributed by atoms with E-state index in [9.17, 15) is 14.7 Å². The number of para-hydroxylation sites is 1. The number of amides is 1. The Morgan fingerprint density at radius 1 is 1.39 bits per heavy atom. The third-order valence-electron chi connectivity index (χ3n) is 2.97. The van der Waals surface area contributed by atoms with Crippen molar-refractivity contribution < 1.29 is 28.7 Å². The van der Waals surface area contributed by atoms with Gasteiger partial charge in [-0.15, -0.1) is 0 Å². The average molecular weight is 320 g/mol. The maximum Gasteiger partial charge on any atom is 0.342 e. The average Bonchev–Trinajstić information content (AvgIpc) is 2.92. The molecule has 1 heterocycles. The normalized spacial score (nSPS) is 11.6. The van der Waals surface area contributed by atoms with Gasteiger partial charge in [0.2, 0.25) is 5.88 Å². The van der Waals surface area contributed by atoms with Crippen LogP contribution in [0.15, 0.2) is 28.8 Å². The molecule has 0 saturated heterocycles. The molecular weight excluding hydrogens is 304 g/mol. The van der Waals surface area contributed by atoms with Crippen LogP contribution in [0, 0.1) is 6.92 Å². The van der Waals surface area contributed by atoms with Crippen molar-refractivity contribution in [2.45, 2.75) is 20.0 Å². The summed E-state index contributed by atoms with van der Waals surface area (Å²) in [5.74, 6) is -1.50. The van der Waals surface area contributed by atoms with Crippen molar-refractivity contribution in [2.75, 3.05) is 12.4 Å². The number of esters is 1. The van der Waals surface area contributed by atoms with Crippen molar-refractivity contribution in [3.63, 3.8) is 0 Å². The lowest BCUT2D eigenvalue weighted by atomic mass is 10.2. The molecule has 2 aromatic rings. The number of phenolic OH excluding ortho intramolecular Hbond substituents is 1. The van der Waals surface area contributed by atoms with E-state index < -0.39 is 18.0 Å². The first-order chi connectivity index (χ1) is 10.9. The molecule has 0 bridgehead atoms. The zero-order chi connectivity index (χ0) is 17.0. The van der Waals surface area contributed by atoms with Crippen LogP contribution in [0.5, 0.6) is 11.5 Å². The van der Waals surface area contributed by atoms with E-state index in [0.29, 0.717) is 5.69 Å². The van der Waals surface area contributed by atoms with Crippen LogP contribution in [0.3, 0.4) is 0 Å². The van der Waals surface area contributed by atoms with Gasteiger partial charge in [-0.3, -0.25) is 10.1 Å². The van der Waals surface area contributed by atoms with Gasteiger partial charge in [0.1, 0.15) is 5.56 Å². The van der Waals surface area contributed by atoms with E-state index in [2.05, 4.69) is 10.5 Å². The minimum absolute atomic E-state index is 0.0977. The van der Waals surface area contributed by atoms with Gasteiger partial charge in [0.25, 0.3) is 5.91 Å². The fourth-order valence-corrected chi connectivity index (χ4v) is 1.77. The molecule has 0 aliphatic rings. The van der Waals surface area contributed by atoms with Gasteiger partial charge in [-0.05, 0) is 26.0 Å². The number of carbonyl (C=O) groups excluding carboxylic acids is 2. The number of rotatable bonds is 5. The number of aromatic hydroxyl groups is 1. The molecule has 0 radical (unpaired) electrons. The number of hydrogen-bond acceptors (Lipinski definition) is 7. The van der Waals surface area contributed by atoms with Crippen molar-refractivity contribution in [3.05, 3.63) is 35.5 Å². The quantitative estimate of drug-likeness (QED) is 0.809. The standard InChI is InChI=1S/C15H16N2O6/c1-8-7-12(23-17-8)16-14(19)9(2)22-15(20)10-5-4-6-11(21-3)13(10)18/h4-7,9,18H,1-3H3,(H,16,19)/t9-/m1/s1. The van der Waals surface area contributed by atoms with E-state index in [0.717, 1.165) is 0 Å². The van der Waals surface area contributed by atoms with E-state index in [1.54, 1.807) is 6.92 Å². The van der Waals surface area contributed by atoms with Gasteiger partial charge >= 0.3 is 5.97 Å². The highest BCUT2D eigenvalue weighted by Gasteiger charge is 2.23. The number of carbonyl (C=O) groups is 2. The largest absolute Gasteiger partial charge is 0.504 e. The summed E-state index contributed by atoms with van der Waals surface area (Å²) < 4.78 is 14.8. The number of benzene rings is 1.